The molecule has 2 amide bonds. The summed E-state index contributed by atoms with van der Waals surface area (Å²) in [5, 5.41) is 3.21. The predicted octanol–water partition coefficient (Wildman–Crippen LogP) is 1.07. The van der Waals surface area contributed by atoms with Gasteiger partial charge in [-0.15, -0.1) is 0 Å². The van der Waals surface area contributed by atoms with Crippen LogP contribution in [0.4, 0.5) is 0 Å². The first kappa shape index (κ1) is 14.5. The second kappa shape index (κ2) is 7.01. The van der Waals surface area contributed by atoms with E-state index in [1.165, 1.54) is 11.3 Å². The molecule has 0 aliphatic carbocycles. The third-order valence-corrected chi connectivity index (χ3v) is 3.82. The minimum absolute atomic E-state index is 0.0433. The predicted molar refractivity (Wildman–Crippen MR) is 71.6 cm³/mol. The van der Waals surface area contributed by atoms with E-state index in [0.29, 0.717) is 19.1 Å². The molecule has 0 spiro atoms. The van der Waals surface area contributed by atoms with Gasteiger partial charge >= 0.3 is 0 Å². The molecule has 2 unspecified atom stereocenters. The SMILES string of the molecule is CCCN1C(=O)CC(NCCC2CCCCO2)C1=O. The fraction of sp³-hybridized carbons (Fsp3) is 0.857. The first-order chi connectivity index (χ1) is 9.22. The molecule has 5 nitrogen and oxygen atoms in total. The van der Waals surface area contributed by atoms with Gasteiger partial charge in [0.25, 0.3) is 0 Å². The number of ether oxygens (including phenoxy) is 1. The summed E-state index contributed by atoms with van der Waals surface area (Å²) < 4.78 is 5.65. The Labute approximate surface area is 114 Å². The van der Waals surface area contributed by atoms with Crippen molar-refractivity contribution in [1.82, 2.24) is 10.2 Å². The van der Waals surface area contributed by atoms with E-state index in [-0.39, 0.29) is 17.9 Å². The largest absolute Gasteiger partial charge is 0.378 e. The Morgan fingerprint density at radius 2 is 2.21 bits per heavy atom. The van der Waals surface area contributed by atoms with Crippen LogP contribution in [0.5, 0.6) is 0 Å². The van der Waals surface area contributed by atoms with Crippen molar-refractivity contribution in [2.24, 2.45) is 0 Å². The van der Waals surface area contributed by atoms with E-state index in [1.54, 1.807) is 0 Å². The number of likely N-dealkylation sites (tertiary alicyclic amines) is 1. The first-order valence-electron chi connectivity index (χ1n) is 7.41. The van der Waals surface area contributed by atoms with Crippen LogP contribution in [0.1, 0.15) is 45.4 Å². The van der Waals surface area contributed by atoms with Gasteiger partial charge in [-0.05, 0) is 38.6 Å². The Kier molecular flexibility index (Phi) is 5.34. The third-order valence-electron chi connectivity index (χ3n) is 3.82. The first-order valence-corrected chi connectivity index (χ1v) is 7.41. The van der Waals surface area contributed by atoms with E-state index in [0.717, 1.165) is 38.8 Å². The molecule has 2 aliphatic rings. The van der Waals surface area contributed by atoms with Crippen LogP contribution in [-0.2, 0) is 14.3 Å². The number of hydrogen-bond acceptors (Lipinski definition) is 4. The molecule has 2 rings (SSSR count). The Morgan fingerprint density at radius 3 is 2.89 bits per heavy atom. The van der Waals surface area contributed by atoms with Gasteiger partial charge in [0, 0.05) is 13.2 Å². The van der Waals surface area contributed by atoms with E-state index < -0.39 is 0 Å². The van der Waals surface area contributed by atoms with Gasteiger partial charge in [0.15, 0.2) is 0 Å². The standard InChI is InChI=1S/C14H24N2O3/c1-2-8-16-13(17)10-12(14(16)18)15-7-6-11-5-3-4-9-19-11/h11-12,15H,2-10H2,1H3. The number of nitrogens with one attached hydrogen (secondary N) is 1. The van der Waals surface area contributed by atoms with Crippen LogP contribution in [-0.4, -0.2) is 48.6 Å². The second-order valence-corrected chi connectivity index (χ2v) is 5.37. The highest BCUT2D eigenvalue weighted by Crippen LogP contribution is 2.16. The monoisotopic (exact) mass is 268 g/mol. The molecule has 1 N–H and O–H groups in total. The molecule has 2 heterocycles. The van der Waals surface area contributed by atoms with Crippen LogP contribution in [0.3, 0.4) is 0 Å². The lowest BCUT2D eigenvalue weighted by atomic mass is 10.1. The van der Waals surface area contributed by atoms with E-state index in [9.17, 15) is 9.59 Å². The van der Waals surface area contributed by atoms with Crippen LogP contribution in [0, 0.1) is 0 Å². The molecule has 0 aromatic carbocycles. The number of nitrogens with zero attached hydrogens (tertiary/aromatic N) is 1. The molecule has 2 saturated heterocycles. The van der Waals surface area contributed by atoms with Gasteiger partial charge in [-0.2, -0.15) is 0 Å². The molecule has 0 bridgehead atoms. The molecule has 2 atom stereocenters. The maximum absolute atomic E-state index is 12.0. The normalized spacial score (nSPS) is 28.2. The van der Waals surface area contributed by atoms with Crippen molar-refractivity contribution in [2.45, 2.75) is 57.6 Å². The molecule has 2 aliphatic heterocycles. The van der Waals surface area contributed by atoms with Crippen molar-refractivity contribution in [2.75, 3.05) is 19.7 Å². The van der Waals surface area contributed by atoms with Gasteiger partial charge in [0.2, 0.25) is 11.8 Å². The molecule has 0 saturated carbocycles. The molecule has 19 heavy (non-hydrogen) atoms. The summed E-state index contributed by atoms with van der Waals surface area (Å²) in [6.07, 6.45) is 5.87. The number of carbonyl (C=O) groups is 2. The number of hydrogen-bond donors (Lipinski definition) is 1. The lowest BCUT2D eigenvalue weighted by Crippen LogP contribution is -2.40. The van der Waals surface area contributed by atoms with E-state index >= 15 is 0 Å². The number of rotatable bonds is 6. The van der Waals surface area contributed by atoms with Crippen LogP contribution >= 0.6 is 0 Å². The summed E-state index contributed by atoms with van der Waals surface area (Å²) in [7, 11) is 0. The summed E-state index contributed by atoms with van der Waals surface area (Å²) in [6, 6.07) is -0.317. The van der Waals surface area contributed by atoms with Crippen LogP contribution in [0.2, 0.25) is 0 Å². The van der Waals surface area contributed by atoms with E-state index in [1.807, 2.05) is 6.92 Å². The minimum Gasteiger partial charge on any atom is -0.378 e. The third kappa shape index (κ3) is 3.76. The van der Waals surface area contributed by atoms with Crippen molar-refractivity contribution in [3.8, 4) is 0 Å². The van der Waals surface area contributed by atoms with Crippen molar-refractivity contribution >= 4 is 11.8 Å². The highest BCUT2D eigenvalue weighted by Gasteiger charge is 2.37. The Balaban J connectivity index is 1.71. The number of carbonyl (C=O) groups excluding carboxylic acids is 2. The smallest absolute Gasteiger partial charge is 0.246 e. The fourth-order valence-electron chi connectivity index (χ4n) is 2.75. The van der Waals surface area contributed by atoms with Gasteiger partial charge in [-0.3, -0.25) is 14.5 Å². The minimum atomic E-state index is -0.317. The highest BCUT2D eigenvalue weighted by atomic mass is 16.5. The zero-order chi connectivity index (χ0) is 13.7. The van der Waals surface area contributed by atoms with Crippen LogP contribution < -0.4 is 5.32 Å². The lowest BCUT2D eigenvalue weighted by molar-refractivity contribution is -0.138. The molecular weight excluding hydrogens is 244 g/mol. The topological polar surface area (TPSA) is 58.6 Å². The van der Waals surface area contributed by atoms with Crippen molar-refractivity contribution < 1.29 is 14.3 Å². The maximum atomic E-state index is 12.0. The molecule has 0 radical (unpaired) electrons. The Morgan fingerprint density at radius 1 is 1.37 bits per heavy atom. The summed E-state index contributed by atoms with van der Waals surface area (Å²) in [4.78, 5) is 25.1. The number of amides is 2. The quantitative estimate of drug-likeness (QED) is 0.732. The summed E-state index contributed by atoms with van der Waals surface area (Å²) in [5.41, 5.74) is 0. The maximum Gasteiger partial charge on any atom is 0.246 e. The summed E-state index contributed by atoms with van der Waals surface area (Å²) in [5.74, 6) is -0.102. The molecule has 108 valence electrons. The number of imide groups is 1. The highest BCUT2D eigenvalue weighted by molar-refractivity contribution is 6.05. The van der Waals surface area contributed by atoms with Gasteiger partial charge in [0.1, 0.15) is 0 Å². The average molecular weight is 268 g/mol. The Hall–Kier alpha value is -0.940. The summed E-state index contributed by atoms with van der Waals surface area (Å²) >= 11 is 0. The van der Waals surface area contributed by atoms with E-state index in [4.69, 9.17) is 4.74 Å². The molecule has 0 aromatic rings. The van der Waals surface area contributed by atoms with Crippen LogP contribution in [0.25, 0.3) is 0 Å². The van der Waals surface area contributed by atoms with Crippen molar-refractivity contribution in [1.29, 1.82) is 0 Å². The second-order valence-electron chi connectivity index (χ2n) is 5.37. The molecule has 0 aromatic heterocycles. The molecule has 5 heteroatoms. The van der Waals surface area contributed by atoms with Gasteiger partial charge in [0.05, 0.1) is 18.6 Å². The zero-order valence-electron chi connectivity index (χ0n) is 11.7. The van der Waals surface area contributed by atoms with Gasteiger partial charge < -0.3 is 10.1 Å². The molecular formula is C14H24N2O3. The lowest BCUT2D eigenvalue weighted by Gasteiger charge is -2.23. The van der Waals surface area contributed by atoms with Gasteiger partial charge in [-0.1, -0.05) is 6.92 Å². The fourth-order valence-corrected chi connectivity index (χ4v) is 2.75. The van der Waals surface area contributed by atoms with E-state index in [2.05, 4.69) is 5.32 Å². The zero-order valence-corrected chi connectivity index (χ0v) is 11.7. The van der Waals surface area contributed by atoms with Crippen molar-refractivity contribution in [3.05, 3.63) is 0 Å². The average Bonchev–Trinajstić information content (AvgIpc) is 2.68. The molecule has 2 fully saturated rings. The van der Waals surface area contributed by atoms with Gasteiger partial charge in [-0.25, -0.2) is 0 Å². The summed E-state index contributed by atoms with van der Waals surface area (Å²) in [6.45, 7) is 4.12. The Bertz CT molecular complexity index is 327. The van der Waals surface area contributed by atoms with Crippen molar-refractivity contribution in [3.63, 3.8) is 0 Å². The van der Waals surface area contributed by atoms with Crippen LogP contribution in [0.15, 0.2) is 0 Å².